The van der Waals surface area contributed by atoms with Gasteiger partial charge < -0.3 is 15.3 Å². The quantitative estimate of drug-likeness (QED) is 0.618. The van der Waals surface area contributed by atoms with Crippen LogP contribution in [0.3, 0.4) is 0 Å². The van der Waals surface area contributed by atoms with Crippen LogP contribution in [0.2, 0.25) is 0 Å². The second-order valence-corrected chi connectivity index (χ2v) is 6.05. The van der Waals surface area contributed by atoms with E-state index in [0.29, 0.717) is 25.4 Å². The Morgan fingerprint density at radius 2 is 2.19 bits per heavy atom. The fraction of sp³-hybridized carbons (Fsp3) is 0.867. The molecule has 1 saturated heterocycles. The molecule has 1 rings (SSSR count). The standard InChI is InChI=1S/C15H28N4O2/c1-13(20)10-19-8-4-14(5-9-19)11-18(2)12-15(21)17-7-3-6-16/h13-14,20H,3-5,7-12H2,1-2H3,(H,17,21). The first-order chi connectivity index (χ1) is 10.0. The van der Waals surface area contributed by atoms with Crippen LogP contribution < -0.4 is 5.32 Å². The number of hydrogen-bond acceptors (Lipinski definition) is 5. The zero-order chi connectivity index (χ0) is 15.7. The Morgan fingerprint density at radius 3 is 2.76 bits per heavy atom. The lowest BCUT2D eigenvalue weighted by Crippen LogP contribution is -2.42. The van der Waals surface area contributed by atoms with E-state index in [1.165, 1.54) is 0 Å². The number of hydrogen-bond donors (Lipinski definition) is 2. The zero-order valence-corrected chi connectivity index (χ0v) is 13.2. The number of likely N-dealkylation sites (tertiary alicyclic amines) is 1. The van der Waals surface area contributed by atoms with Crippen LogP contribution in [0.1, 0.15) is 26.2 Å². The van der Waals surface area contributed by atoms with E-state index >= 15 is 0 Å². The van der Waals surface area contributed by atoms with Crippen LogP contribution in [-0.2, 0) is 4.79 Å². The molecule has 2 N–H and O–H groups in total. The maximum absolute atomic E-state index is 11.6. The predicted molar refractivity (Wildman–Crippen MR) is 81.6 cm³/mol. The number of aliphatic hydroxyl groups excluding tert-OH is 1. The molecule has 0 aromatic heterocycles. The van der Waals surface area contributed by atoms with Gasteiger partial charge in [-0.05, 0) is 45.8 Å². The van der Waals surface area contributed by atoms with Crippen LogP contribution in [-0.4, -0.2) is 73.2 Å². The predicted octanol–water partition coefficient (Wildman–Crippen LogP) is 0.0409. The van der Waals surface area contributed by atoms with Crippen molar-refractivity contribution >= 4 is 5.91 Å². The summed E-state index contributed by atoms with van der Waals surface area (Å²) in [6, 6.07) is 2.01. The minimum atomic E-state index is -0.263. The number of carbonyl (C=O) groups excluding carboxylic acids is 1. The van der Waals surface area contributed by atoms with Gasteiger partial charge in [0.2, 0.25) is 5.91 Å². The number of rotatable bonds is 8. The lowest BCUT2D eigenvalue weighted by molar-refractivity contribution is -0.122. The molecule has 21 heavy (non-hydrogen) atoms. The minimum Gasteiger partial charge on any atom is -0.392 e. The molecule has 0 aromatic carbocycles. The molecule has 0 radical (unpaired) electrons. The Balaban J connectivity index is 2.17. The van der Waals surface area contributed by atoms with Crippen molar-refractivity contribution in [1.29, 1.82) is 5.26 Å². The number of nitrogens with zero attached hydrogens (tertiary/aromatic N) is 3. The van der Waals surface area contributed by atoms with Crippen molar-refractivity contribution in [3.63, 3.8) is 0 Å². The number of nitrogens with one attached hydrogen (secondary N) is 1. The molecular weight excluding hydrogens is 268 g/mol. The lowest BCUT2D eigenvalue weighted by atomic mass is 9.96. The zero-order valence-electron chi connectivity index (χ0n) is 13.2. The highest BCUT2D eigenvalue weighted by molar-refractivity contribution is 5.77. The summed E-state index contributed by atoms with van der Waals surface area (Å²) in [5, 5.41) is 20.6. The van der Waals surface area contributed by atoms with E-state index < -0.39 is 0 Å². The summed E-state index contributed by atoms with van der Waals surface area (Å²) in [7, 11) is 1.96. The number of β-amino-alcohol motifs (C(OH)–C–C–N with tert-alkyl or cyclic N) is 1. The molecule has 1 atom stereocenters. The average molecular weight is 296 g/mol. The van der Waals surface area contributed by atoms with Crippen molar-refractivity contribution in [1.82, 2.24) is 15.1 Å². The lowest BCUT2D eigenvalue weighted by Gasteiger charge is -2.34. The van der Waals surface area contributed by atoms with Crippen LogP contribution in [0.4, 0.5) is 0 Å². The average Bonchev–Trinajstić information content (AvgIpc) is 2.40. The van der Waals surface area contributed by atoms with Gasteiger partial charge in [-0.2, -0.15) is 5.26 Å². The van der Waals surface area contributed by atoms with Gasteiger partial charge in [0.15, 0.2) is 0 Å². The fourth-order valence-corrected chi connectivity index (χ4v) is 2.79. The smallest absolute Gasteiger partial charge is 0.234 e. The second-order valence-electron chi connectivity index (χ2n) is 6.05. The van der Waals surface area contributed by atoms with Crippen molar-refractivity contribution < 1.29 is 9.90 Å². The van der Waals surface area contributed by atoms with Crippen LogP contribution in [0.5, 0.6) is 0 Å². The maximum Gasteiger partial charge on any atom is 0.234 e. The van der Waals surface area contributed by atoms with Gasteiger partial charge in [-0.3, -0.25) is 9.69 Å². The molecule has 0 bridgehead atoms. The van der Waals surface area contributed by atoms with Gasteiger partial charge in [0, 0.05) is 19.6 Å². The Bertz CT molecular complexity index is 346. The molecule has 6 nitrogen and oxygen atoms in total. The van der Waals surface area contributed by atoms with Crippen molar-refractivity contribution in [2.24, 2.45) is 5.92 Å². The fourth-order valence-electron chi connectivity index (χ4n) is 2.79. The van der Waals surface area contributed by atoms with Crippen molar-refractivity contribution in [2.45, 2.75) is 32.3 Å². The molecule has 0 spiro atoms. The van der Waals surface area contributed by atoms with Gasteiger partial charge >= 0.3 is 0 Å². The largest absolute Gasteiger partial charge is 0.392 e. The van der Waals surface area contributed by atoms with Gasteiger partial charge in [0.1, 0.15) is 0 Å². The van der Waals surface area contributed by atoms with E-state index in [1.54, 1.807) is 0 Å². The molecular formula is C15H28N4O2. The molecule has 0 aromatic rings. The highest BCUT2D eigenvalue weighted by Gasteiger charge is 2.21. The summed E-state index contributed by atoms with van der Waals surface area (Å²) in [5.41, 5.74) is 0. The van der Waals surface area contributed by atoms with Crippen LogP contribution in [0.25, 0.3) is 0 Å². The summed E-state index contributed by atoms with van der Waals surface area (Å²) >= 11 is 0. The second kappa shape index (κ2) is 9.72. The van der Waals surface area contributed by atoms with Crippen LogP contribution >= 0.6 is 0 Å². The van der Waals surface area contributed by atoms with Crippen LogP contribution in [0, 0.1) is 17.2 Å². The van der Waals surface area contributed by atoms with Crippen molar-refractivity contribution in [3.8, 4) is 6.07 Å². The Kier molecular flexibility index (Phi) is 8.28. The minimum absolute atomic E-state index is 0.0145. The highest BCUT2D eigenvalue weighted by Crippen LogP contribution is 2.18. The van der Waals surface area contributed by atoms with Crippen molar-refractivity contribution in [2.75, 3.05) is 46.3 Å². The number of nitriles is 1. The van der Waals surface area contributed by atoms with E-state index in [2.05, 4.69) is 15.1 Å². The number of piperidine rings is 1. The van der Waals surface area contributed by atoms with E-state index in [1.807, 2.05) is 20.0 Å². The van der Waals surface area contributed by atoms with E-state index in [4.69, 9.17) is 5.26 Å². The molecule has 6 heteroatoms. The van der Waals surface area contributed by atoms with Gasteiger partial charge in [0.05, 0.1) is 25.1 Å². The number of likely N-dealkylation sites (N-methyl/N-ethyl adjacent to an activating group) is 1. The summed E-state index contributed by atoms with van der Waals surface area (Å²) in [6.07, 6.45) is 2.33. The first-order valence-corrected chi connectivity index (χ1v) is 7.74. The third-order valence-corrected chi connectivity index (χ3v) is 3.77. The molecule has 1 amide bonds. The Labute approximate surface area is 127 Å². The van der Waals surface area contributed by atoms with E-state index in [0.717, 1.165) is 39.0 Å². The normalized spacial score (nSPS) is 18.4. The first kappa shape index (κ1) is 17.9. The molecule has 0 aliphatic carbocycles. The molecule has 1 fully saturated rings. The first-order valence-electron chi connectivity index (χ1n) is 7.74. The summed E-state index contributed by atoms with van der Waals surface area (Å²) in [5.74, 6) is 0.603. The Morgan fingerprint density at radius 1 is 1.52 bits per heavy atom. The molecule has 0 saturated carbocycles. The number of carbonyl (C=O) groups is 1. The third kappa shape index (κ3) is 8.00. The third-order valence-electron chi connectivity index (χ3n) is 3.77. The summed E-state index contributed by atoms with van der Waals surface area (Å²) < 4.78 is 0. The van der Waals surface area contributed by atoms with Crippen LogP contribution in [0.15, 0.2) is 0 Å². The maximum atomic E-state index is 11.6. The molecule has 1 unspecified atom stereocenters. The Hall–Kier alpha value is -1.16. The number of aliphatic hydroxyl groups is 1. The van der Waals surface area contributed by atoms with Gasteiger partial charge in [-0.25, -0.2) is 0 Å². The van der Waals surface area contributed by atoms with Gasteiger partial charge in [-0.15, -0.1) is 0 Å². The number of amides is 1. The topological polar surface area (TPSA) is 79.6 Å². The SMILES string of the molecule is CC(O)CN1CCC(CN(C)CC(=O)NCCC#N)CC1. The molecule has 1 aliphatic heterocycles. The molecule has 1 heterocycles. The van der Waals surface area contributed by atoms with E-state index in [9.17, 15) is 9.90 Å². The monoisotopic (exact) mass is 296 g/mol. The highest BCUT2D eigenvalue weighted by atomic mass is 16.3. The molecule has 120 valence electrons. The van der Waals surface area contributed by atoms with Gasteiger partial charge in [-0.1, -0.05) is 0 Å². The summed E-state index contributed by atoms with van der Waals surface area (Å²) in [4.78, 5) is 16.0. The summed E-state index contributed by atoms with van der Waals surface area (Å²) in [6.45, 7) is 6.37. The van der Waals surface area contributed by atoms with Crippen molar-refractivity contribution in [3.05, 3.63) is 0 Å². The molecule has 1 aliphatic rings. The van der Waals surface area contributed by atoms with Gasteiger partial charge in [0.25, 0.3) is 0 Å². The van der Waals surface area contributed by atoms with E-state index in [-0.39, 0.29) is 12.0 Å².